The van der Waals surface area contributed by atoms with Crippen LogP contribution >= 0.6 is 7.82 Å². The normalized spacial score (nSPS) is 24.8. The third-order valence-electron chi connectivity index (χ3n) is 2.58. The second-order valence-corrected chi connectivity index (χ2v) is 5.25. The van der Waals surface area contributed by atoms with Crippen molar-refractivity contribution in [2.45, 2.75) is 32.7 Å². The number of phosphoric ester groups is 1. The van der Waals surface area contributed by atoms with Crippen molar-refractivity contribution in [2.75, 3.05) is 13.3 Å². The van der Waals surface area contributed by atoms with Crippen LogP contribution in [0.3, 0.4) is 0 Å². The van der Waals surface area contributed by atoms with Gasteiger partial charge in [0.15, 0.2) is 0 Å². The van der Waals surface area contributed by atoms with E-state index in [1.54, 1.807) is 0 Å². The third-order valence-corrected chi connectivity index (χ3v) is 3.03. The Morgan fingerprint density at radius 2 is 2.21 bits per heavy atom. The molecule has 1 fully saturated rings. The van der Waals surface area contributed by atoms with Crippen LogP contribution < -0.4 is 0 Å². The molecule has 5 nitrogen and oxygen atoms in total. The van der Waals surface area contributed by atoms with Gasteiger partial charge in [0.2, 0.25) is 0 Å². The Bertz CT molecular complexity index is 227. The highest BCUT2D eigenvalue weighted by atomic mass is 31.2. The molecule has 0 aliphatic carbocycles. The van der Waals surface area contributed by atoms with E-state index in [4.69, 9.17) is 9.79 Å². The standard InChI is InChI=1S/C8H18NO4P/c1-7(2)8-4-3-5-9(8)6-13-14(10,11)12/h7-8H,3-6H2,1-2H3,(H2,10,11,12). The maximum absolute atomic E-state index is 10.5. The van der Waals surface area contributed by atoms with Crippen LogP contribution in [-0.4, -0.2) is 34.0 Å². The van der Waals surface area contributed by atoms with Gasteiger partial charge in [-0.15, -0.1) is 0 Å². The van der Waals surface area contributed by atoms with Gasteiger partial charge in [0, 0.05) is 12.6 Å². The van der Waals surface area contributed by atoms with Crippen molar-refractivity contribution < 1.29 is 18.9 Å². The molecular weight excluding hydrogens is 205 g/mol. The van der Waals surface area contributed by atoms with Crippen molar-refractivity contribution >= 4 is 7.82 Å². The summed E-state index contributed by atoms with van der Waals surface area (Å²) in [5, 5.41) is 0. The molecule has 0 radical (unpaired) electrons. The molecule has 1 aliphatic rings. The molecule has 1 saturated heterocycles. The highest BCUT2D eigenvalue weighted by Crippen LogP contribution is 2.37. The van der Waals surface area contributed by atoms with Crippen LogP contribution in [0.4, 0.5) is 0 Å². The first kappa shape index (κ1) is 12.1. The van der Waals surface area contributed by atoms with Crippen LogP contribution in [0.1, 0.15) is 26.7 Å². The summed E-state index contributed by atoms with van der Waals surface area (Å²) in [6.45, 7) is 5.12. The minimum atomic E-state index is -4.32. The Labute approximate surface area is 84.3 Å². The van der Waals surface area contributed by atoms with Gasteiger partial charge in [0.1, 0.15) is 6.73 Å². The first-order valence-electron chi connectivity index (χ1n) is 4.84. The largest absolute Gasteiger partial charge is 0.470 e. The molecule has 84 valence electrons. The van der Waals surface area contributed by atoms with Gasteiger partial charge >= 0.3 is 7.82 Å². The molecule has 0 aromatic carbocycles. The Balaban J connectivity index is 2.40. The van der Waals surface area contributed by atoms with Crippen LogP contribution in [0.2, 0.25) is 0 Å². The van der Waals surface area contributed by atoms with Crippen molar-refractivity contribution in [3.63, 3.8) is 0 Å². The quantitative estimate of drug-likeness (QED) is 0.700. The van der Waals surface area contributed by atoms with Crippen molar-refractivity contribution in [1.29, 1.82) is 0 Å². The van der Waals surface area contributed by atoms with Crippen LogP contribution in [-0.2, 0) is 9.09 Å². The summed E-state index contributed by atoms with van der Waals surface area (Å²) in [4.78, 5) is 19.1. The Kier molecular flexibility index (Phi) is 4.10. The number of phosphoric acid groups is 1. The Morgan fingerprint density at radius 1 is 1.57 bits per heavy atom. The highest BCUT2D eigenvalue weighted by molar-refractivity contribution is 7.46. The third kappa shape index (κ3) is 3.67. The molecule has 2 N–H and O–H groups in total. The van der Waals surface area contributed by atoms with Crippen molar-refractivity contribution in [1.82, 2.24) is 4.90 Å². The first-order chi connectivity index (χ1) is 6.40. The predicted molar refractivity (Wildman–Crippen MR) is 52.6 cm³/mol. The zero-order valence-corrected chi connectivity index (χ0v) is 9.48. The highest BCUT2D eigenvalue weighted by Gasteiger charge is 2.28. The number of nitrogens with zero attached hydrogens (tertiary/aromatic N) is 1. The lowest BCUT2D eigenvalue weighted by Crippen LogP contribution is -2.34. The van der Waals surface area contributed by atoms with E-state index in [-0.39, 0.29) is 6.73 Å². The molecule has 1 unspecified atom stereocenters. The van der Waals surface area contributed by atoms with Gasteiger partial charge in [-0.2, -0.15) is 0 Å². The molecule has 0 amide bonds. The predicted octanol–water partition coefficient (Wildman–Crippen LogP) is 1.17. The van der Waals surface area contributed by atoms with Gasteiger partial charge in [0.05, 0.1) is 0 Å². The van der Waals surface area contributed by atoms with Crippen LogP contribution in [0.25, 0.3) is 0 Å². The zero-order valence-electron chi connectivity index (χ0n) is 8.59. The molecule has 1 heterocycles. The minimum Gasteiger partial charge on any atom is -0.303 e. The maximum Gasteiger partial charge on any atom is 0.470 e. The van der Waals surface area contributed by atoms with E-state index in [1.165, 1.54) is 0 Å². The second-order valence-electron chi connectivity index (χ2n) is 4.01. The SMILES string of the molecule is CC(C)C1CCCN1COP(=O)(O)O. The summed E-state index contributed by atoms with van der Waals surface area (Å²) >= 11 is 0. The second kappa shape index (κ2) is 4.73. The zero-order chi connectivity index (χ0) is 10.8. The molecule has 0 spiro atoms. The van der Waals surface area contributed by atoms with E-state index in [9.17, 15) is 4.57 Å². The summed E-state index contributed by atoms with van der Waals surface area (Å²) < 4.78 is 15.0. The molecule has 0 aromatic rings. The van der Waals surface area contributed by atoms with Gasteiger partial charge in [0.25, 0.3) is 0 Å². The van der Waals surface area contributed by atoms with Gasteiger partial charge in [-0.25, -0.2) is 4.57 Å². The van der Waals surface area contributed by atoms with E-state index in [1.807, 2.05) is 4.90 Å². The van der Waals surface area contributed by atoms with Gasteiger partial charge in [-0.3, -0.25) is 9.42 Å². The van der Waals surface area contributed by atoms with E-state index in [0.717, 1.165) is 19.4 Å². The molecule has 1 aliphatic heterocycles. The van der Waals surface area contributed by atoms with Crippen LogP contribution in [0.5, 0.6) is 0 Å². The molecule has 0 bridgehead atoms. The molecule has 6 heteroatoms. The van der Waals surface area contributed by atoms with Crippen molar-refractivity contribution in [3.8, 4) is 0 Å². The minimum absolute atomic E-state index is 0.0348. The topological polar surface area (TPSA) is 70.0 Å². The van der Waals surface area contributed by atoms with E-state index in [2.05, 4.69) is 18.4 Å². The number of rotatable bonds is 4. The summed E-state index contributed by atoms with van der Waals surface area (Å²) in [5.74, 6) is 0.498. The van der Waals surface area contributed by atoms with Gasteiger partial charge in [-0.1, -0.05) is 13.8 Å². The Morgan fingerprint density at radius 3 is 2.71 bits per heavy atom. The van der Waals surface area contributed by atoms with Crippen LogP contribution in [0.15, 0.2) is 0 Å². The lowest BCUT2D eigenvalue weighted by molar-refractivity contribution is 0.0690. The Hall–Kier alpha value is 0.0700. The summed E-state index contributed by atoms with van der Waals surface area (Å²) in [6, 6.07) is 0.390. The van der Waals surface area contributed by atoms with Gasteiger partial charge in [-0.05, 0) is 18.8 Å². The molecular formula is C8H18NO4P. The number of likely N-dealkylation sites (tertiary alicyclic amines) is 1. The molecule has 0 saturated carbocycles. The van der Waals surface area contributed by atoms with E-state index < -0.39 is 7.82 Å². The average Bonchev–Trinajstić information content (AvgIpc) is 2.46. The lowest BCUT2D eigenvalue weighted by atomic mass is 10.0. The molecule has 0 aromatic heterocycles. The first-order valence-corrected chi connectivity index (χ1v) is 6.37. The molecule has 14 heavy (non-hydrogen) atoms. The average molecular weight is 223 g/mol. The summed E-state index contributed by atoms with van der Waals surface area (Å²) in [7, 11) is -4.32. The molecule has 1 rings (SSSR count). The monoisotopic (exact) mass is 223 g/mol. The fourth-order valence-corrected chi connectivity index (χ4v) is 2.22. The fraction of sp³-hybridized carbons (Fsp3) is 1.00. The number of hydrogen-bond donors (Lipinski definition) is 2. The summed E-state index contributed by atoms with van der Waals surface area (Å²) in [6.07, 6.45) is 2.16. The van der Waals surface area contributed by atoms with E-state index in [0.29, 0.717) is 12.0 Å². The van der Waals surface area contributed by atoms with Crippen molar-refractivity contribution in [3.05, 3.63) is 0 Å². The summed E-state index contributed by atoms with van der Waals surface area (Å²) in [5.41, 5.74) is 0. The maximum atomic E-state index is 10.5. The number of hydrogen-bond acceptors (Lipinski definition) is 3. The molecule has 1 atom stereocenters. The smallest absolute Gasteiger partial charge is 0.303 e. The van der Waals surface area contributed by atoms with Crippen molar-refractivity contribution in [2.24, 2.45) is 5.92 Å². The van der Waals surface area contributed by atoms with E-state index >= 15 is 0 Å². The van der Waals surface area contributed by atoms with Crippen LogP contribution in [0, 0.1) is 5.92 Å². The fourth-order valence-electron chi connectivity index (χ4n) is 1.92. The lowest BCUT2D eigenvalue weighted by Gasteiger charge is -2.26. The van der Waals surface area contributed by atoms with Gasteiger partial charge < -0.3 is 9.79 Å².